The summed E-state index contributed by atoms with van der Waals surface area (Å²) in [7, 11) is 0. The van der Waals surface area contributed by atoms with Crippen molar-refractivity contribution in [1.29, 1.82) is 0 Å². The number of hydrogen-bond donors (Lipinski definition) is 1. The van der Waals surface area contributed by atoms with Crippen LogP contribution in [-0.2, 0) is 4.74 Å². The minimum absolute atomic E-state index is 0.0420. The number of carbonyl (C=O) groups excluding carboxylic acids is 1. The Morgan fingerprint density at radius 2 is 2.00 bits per heavy atom. The number of ether oxygens (including phenoxy) is 1. The first-order valence-corrected chi connectivity index (χ1v) is 8.83. The number of hydrogen-bond acceptors (Lipinski definition) is 3. The van der Waals surface area contributed by atoms with E-state index < -0.39 is 0 Å². The van der Waals surface area contributed by atoms with Crippen LogP contribution < -0.4 is 5.32 Å². The molecule has 3 rings (SSSR count). The molecule has 1 aromatic heterocycles. The van der Waals surface area contributed by atoms with Gasteiger partial charge in [0.15, 0.2) is 0 Å². The second-order valence-corrected chi connectivity index (χ2v) is 6.24. The van der Waals surface area contributed by atoms with E-state index in [1.165, 1.54) is 32.1 Å². The Bertz CT molecular complexity index is 617. The average Bonchev–Trinajstić information content (AvgIpc) is 3.17. The van der Waals surface area contributed by atoms with Crippen LogP contribution in [0.15, 0.2) is 42.7 Å². The lowest BCUT2D eigenvalue weighted by atomic mass is 9.98. The predicted octanol–water partition coefficient (Wildman–Crippen LogP) is 3.34. The van der Waals surface area contributed by atoms with Gasteiger partial charge in [-0.1, -0.05) is 19.3 Å². The van der Waals surface area contributed by atoms with Crippen LogP contribution in [0, 0.1) is 0 Å². The summed E-state index contributed by atoms with van der Waals surface area (Å²) < 4.78 is 7.63. The van der Waals surface area contributed by atoms with E-state index in [0.717, 1.165) is 18.7 Å². The molecule has 0 radical (unpaired) electrons. The number of amides is 1. The summed E-state index contributed by atoms with van der Waals surface area (Å²) in [5.74, 6) is -0.0420. The van der Waals surface area contributed by atoms with Crippen molar-refractivity contribution in [2.24, 2.45) is 0 Å². The molecule has 5 heteroatoms. The maximum Gasteiger partial charge on any atom is 0.251 e. The lowest BCUT2D eigenvalue weighted by Crippen LogP contribution is -2.26. The molecule has 2 aromatic rings. The van der Waals surface area contributed by atoms with E-state index in [-0.39, 0.29) is 5.91 Å². The molecule has 0 aliphatic heterocycles. The Morgan fingerprint density at radius 1 is 1.21 bits per heavy atom. The van der Waals surface area contributed by atoms with Crippen LogP contribution in [0.25, 0.3) is 5.69 Å². The summed E-state index contributed by atoms with van der Waals surface area (Å²) >= 11 is 0. The molecule has 1 heterocycles. The summed E-state index contributed by atoms with van der Waals surface area (Å²) in [6.07, 6.45) is 11.2. The van der Waals surface area contributed by atoms with Crippen molar-refractivity contribution in [1.82, 2.24) is 15.1 Å². The third-order valence-electron chi connectivity index (χ3n) is 4.41. The first kappa shape index (κ1) is 16.7. The van der Waals surface area contributed by atoms with Gasteiger partial charge < -0.3 is 10.1 Å². The molecule has 0 spiro atoms. The zero-order valence-electron chi connectivity index (χ0n) is 14.0. The maximum atomic E-state index is 12.1. The van der Waals surface area contributed by atoms with E-state index in [4.69, 9.17) is 4.74 Å². The highest BCUT2D eigenvalue weighted by atomic mass is 16.5. The van der Waals surface area contributed by atoms with Gasteiger partial charge in [-0.15, -0.1) is 0 Å². The van der Waals surface area contributed by atoms with Crippen molar-refractivity contribution in [2.45, 2.75) is 44.6 Å². The zero-order valence-corrected chi connectivity index (χ0v) is 14.0. The largest absolute Gasteiger partial charge is 0.378 e. The van der Waals surface area contributed by atoms with Crippen LogP contribution in [-0.4, -0.2) is 34.9 Å². The lowest BCUT2D eigenvalue weighted by Gasteiger charge is -2.21. The molecule has 1 saturated carbocycles. The van der Waals surface area contributed by atoms with E-state index in [0.29, 0.717) is 18.2 Å². The molecule has 1 aliphatic carbocycles. The van der Waals surface area contributed by atoms with Gasteiger partial charge in [0.2, 0.25) is 0 Å². The molecular formula is C19H25N3O2. The molecule has 1 fully saturated rings. The molecule has 1 aliphatic rings. The highest BCUT2D eigenvalue weighted by Crippen LogP contribution is 2.20. The van der Waals surface area contributed by atoms with Gasteiger partial charge >= 0.3 is 0 Å². The number of nitrogens with zero attached hydrogens (tertiary/aromatic N) is 2. The normalized spacial score (nSPS) is 15.3. The number of benzene rings is 1. The topological polar surface area (TPSA) is 56.1 Å². The highest BCUT2D eigenvalue weighted by molar-refractivity contribution is 5.94. The third-order valence-corrected chi connectivity index (χ3v) is 4.41. The second kappa shape index (κ2) is 8.64. The lowest BCUT2D eigenvalue weighted by molar-refractivity contribution is 0.0273. The van der Waals surface area contributed by atoms with Crippen molar-refractivity contribution in [3.05, 3.63) is 48.3 Å². The third kappa shape index (κ3) is 4.68. The minimum Gasteiger partial charge on any atom is -0.378 e. The van der Waals surface area contributed by atoms with E-state index in [1.54, 1.807) is 10.9 Å². The Balaban J connectivity index is 1.37. The van der Waals surface area contributed by atoms with Gasteiger partial charge in [0, 0.05) is 31.1 Å². The van der Waals surface area contributed by atoms with Crippen LogP contribution in [0.1, 0.15) is 48.9 Å². The molecule has 0 saturated heterocycles. The predicted molar refractivity (Wildman–Crippen MR) is 93.3 cm³/mol. The molecule has 0 atom stereocenters. The Kier molecular flexibility index (Phi) is 6.01. The minimum atomic E-state index is -0.0420. The van der Waals surface area contributed by atoms with Crippen molar-refractivity contribution >= 4 is 5.91 Å². The van der Waals surface area contributed by atoms with E-state index in [2.05, 4.69) is 10.4 Å². The molecule has 128 valence electrons. The van der Waals surface area contributed by atoms with E-state index in [1.807, 2.05) is 36.5 Å². The summed E-state index contributed by atoms with van der Waals surface area (Å²) in [6.45, 7) is 1.37. The van der Waals surface area contributed by atoms with Gasteiger partial charge in [-0.3, -0.25) is 4.79 Å². The number of aromatic nitrogens is 2. The SMILES string of the molecule is O=C(NCCCOC1CCCCC1)c1ccc(-n2cccn2)cc1. The Hall–Kier alpha value is -2.14. The van der Waals surface area contributed by atoms with Gasteiger partial charge in [-0.2, -0.15) is 5.10 Å². The van der Waals surface area contributed by atoms with Crippen molar-refractivity contribution in [2.75, 3.05) is 13.2 Å². The molecular weight excluding hydrogens is 302 g/mol. The summed E-state index contributed by atoms with van der Waals surface area (Å²) in [5.41, 5.74) is 1.61. The summed E-state index contributed by atoms with van der Waals surface area (Å²) in [4.78, 5) is 12.1. The quantitative estimate of drug-likeness (QED) is 0.794. The van der Waals surface area contributed by atoms with Crippen molar-refractivity contribution in [3.63, 3.8) is 0 Å². The number of nitrogens with one attached hydrogen (secondary N) is 1. The fourth-order valence-electron chi connectivity index (χ4n) is 3.05. The smallest absolute Gasteiger partial charge is 0.251 e. The second-order valence-electron chi connectivity index (χ2n) is 6.24. The first-order chi connectivity index (χ1) is 11.8. The molecule has 0 bridgehead atoms. The number of rotatable bonds is 7. The molecule has 5 nitrogen and oxygen atoms in total. The molecule has 1 N–H and O–H groups in total. The average molecular weight is 327 g/mol. The molecule has 1 aromatic carbocycles. The van der Waals surface area contributed by atoms with Gasteiger partial charge in [-0.05, 0) is 49.6 Å². The standard InChI is InChI=1S/C19H25N3O2/c23-19(20-12-5-15-24-18-6-2-1-3-7-18)16-8-10-17(11-9-16)22-14-4-13-21-22/h4,8-11,13-14,18H,1-3,5-7,12,15H2,(H,20,23). The Morgan fingerprint density at radius 3 is 2.71 bits per heavy atom. The zero-order chi connectivity index (χ0) is 16.6. The van der Waals surface area contributed by atoms with E-state index >= 15 is 0 Å². The van der Waals surface area contributed by atoms with Gasteiger partial charge in [0.25, 0.3) is 5.91 Å². The van der Waals surface area contributed by atoms with Crippen LogP contribution >= 0.6 is 0 Å². The summed E-state index contributed by atoms with van der Waals surface area (Å²) in [5, 5.41) is 7.12. The first-order valence-electron chi connectivity index (χ1n) is 8.83. The fraction of sp³-hybridized carbons (Fsp3) is 0.474. The molecule has 0 unspecified atom stereocenters. The van der Waals surface area contributed by atoms with Gasteiger partial charge in [-0.25, -0.2) is 4.68 Å². The van der Waals surface area contributed by atoms with Gasteiger partial charge in [0.05, 0.1) is 11.8 Å². The highest BCUT2D eigenvalue weighted by Gasteiger charge is 2.13. The van der Waals surface area contributed by atoms with Gasteiger partial charge in [0.1, 0.15) is 0 Å². The number of carbonyl (C=O) groups is 1. The fourth-order valence-corrected chi connectivity index (χ4v) is 3.05. The van der Waals surface area contributed by atoms with Crippen molar-refractivity contribution < 1.29 is 9.53 Å². The monoisotopic (exact) mass is 327 g/mol. The summed E-state index contributed by atoms with van der Waals surface area (Å²) in [6, 6.07) is 9.31. The molecule has 24 heavy (non-hydrogen) atoms. The van der Waals surface area contributed by atoms with E-state index in [9.17, 15) is 4.79 Å². The van der Waals surface area contributed by atoms with Crippen LogP contribution in [0.3, 0.4) is 0 Å². The van der Waals surface area contributed by atoms with Crippen molar-refractivity contribution in [3.8, 4) is 5.69 Å². The van der Waals surface area contributed by atoms with Crippen LogP contribution in [0.5, 0.6) is 0 Å². The Labute approximate surface area is 143 Å². The molecule has 1 amide bonds. The maximum absolute atomic E-state index is 12.1. The van der Waals surface area contributed by atoms with Crippen LogP contribution in [0.2, 0.25) is 0 Å². The van der Waals surface area contributed by atoms with Crippen LogP contribution in [0.4, 0.5) is 0 Å².